The average Bonchev–Trinajstić information content (AvgIpc) is 2.39. The molecule has 1 aromatic carbocycles. The van der Waals surface area contributed by atoms with Crippen LogP contribution in [0, 0.1) is 0 Å². The fourth-order valence-electron chi connectivity index (χ4n) is 1.70. The molecule has 102 valence electrons. The van der Waals surface area contributed by atoms with E-state index in [-0.39, 0.29) is 12.3 Å². The van der Waals surface area contributed by atoms with Crippen LogP contribution in [0.2, 0.25) is 0 Å². The quantitative estimate of drug-likeness (QED) is 0.723. The summed E-state index contributed by atoms with van der Waals surface area (Å²) in [6.45, 7) is 4.85. The van der Waals surface area contributed by atoms with E-state index in [0.717, 1.165) is 24.5 Å². The van der Waals surface area contributed by atoms with E-state index in [2.05, 4.69) is 12.2 Å². The number of anilines is 1. The Hall–Kier alpha value is -1.26. The van der Waals surface area contributed by atoms with E-state index in [1.807, 2.05) is 31.2 Å². The van der Waals surface area contributed by atoms with E-state index in [9.17, 15) is 0 Å². The van der Waals surface area contributed by atoms with Gasteiger partial charge < -0.3 is 19.5 Å². The molecular weight excluding hydrogens is 230 g/mol. The molecule has 0 aromatic heterocycles. The van der Waals surface area contributed by atoms with Gasteiger partial charge in [0.2, 0.25) is 0 Å². The third-order valence-electron chi connectivity index (χ3n) is 2.59. The molecule has 0 spiro atoms. The smallest absolute Gasteiger partial charge is 0.176 e. The molecule has 0 fully saturated rings. The summed E-state index contributed by atoms with van der Waals surface area (Å²) < 4.78 is 15.9. The summed E-state index contributed by atoms with van der Waals surface area (Å²) in [7, 11) is 3.27. The van der Waals surface area contributed by atoms with Crippen molar-refractivity contribution in [3.63, 3.8) is 0 Å². The van der Waals surface area contributed by atoms with Gasteiger partial charge in [0.15, 0.2) is 6.29 Å². The summed E-state index contributed by atoms with van der Waals surface area (Å²) in [5.41, 5.74) is 1.02. The van der Waals surface area contributed by atoms with E-state index in [0.29, 0.717) is 0 Å². The molecule has 1 atom stereocenters. The Labute approximate surface area is 109 Å². The molecule has 0 aliphatic rings. The molecule has 0 amide bonds. The summed E-state index contributed by atoms with van der Waals surface area (Å²) in [4.78, 5) is 0. The number of methoxy groups -OCH3 is 2. The zero-order valence-corrected chi connectivity index (χ0v) is 11.6. The van der Waals surface area contributed by atoms with Crippen molar-refractivity contribution in [3.8, 4) is 5.75 Å². The molecule has 0 aliphatic heterocycles. The van der Waals surface area contributed by atoms with E-state index in [1.54, 1.807) is 14.2 Å². The van der Waals surface area contributed by atoms with Gasteiger partial charge in [-0.3, -0.25) is 0 Å². The van der Waals surface area contributed by atoms with Gasteiger partial charge in [-0.15, -0.1) is 0 Å². The van der Waals surface area contributed by atoms with Gasteiger partial charge in [0.25, 0.3) is 0 Å². The first kappa shape index (κ1) is 14.8. The van der Waals surface area contributed by atoms with Crippen molar-refractivity contribution >= 4 is 5.69 Å². The summed E-state index contributed by atoms with van der Waals surface area (Å²) in [6, 6.07) is 7.97. The normalized spacial score (nSPS) is 12.5. The highest BCUT2D eigenvalue weighted by Gasteiger charge is 2.15. The first-order chi connectivity index (χ1) is 8.71. The van der Waals surface area contributed by atoms with Gasteiger partial charge in [0.1, 0.15) is 5.75 Å². The maximum atomic E-state index is 5.53. The van der Waals surface area contributed by atoms with Gasteiger partial charge in [0, 0.05) is 19.9 Å². The number of hydrogen-bond donors (Lipinski definition) is 1. The molecule has 1 unspecified atom stereocenters. The SMILES string of the molecule is CCCOc1ccc(NC(C)C(OC)OC)cc1. The van der Waals surface area contributed by atoms with Crippen molar-refractivity contribution in [2.45, 2.75) is 32.6 Å². The Balaban J connectivity index is 2.52. The lowest BCUT2D eigenvalue weighted by atomic mass is 10.2. The molecule has 0 saturated carbocycles. The van der Waals surface area contributed by atoms with E-state index < -0.39 is 0 Å². The van der Waals surface area contributed by atoms with Gasteiger partial charge >= 0.3 is 0 Å². The van der Waals surface area contributed by atoms with Gasteiger partial charge in [-0.05, 0) is 37.6 Å². The summed E-state index contributed by atoms with van der Waals surface area (Å²) in [5.74, 6) is 0.894. The lowest BCUT2D eigenvalue weighted by Crippen LogP contribution is -2.33. The topological polar surface area (TPSA) is 39.7 Å². The van der Waals surface area contributed by atoms with Crippen LogP contribution in [0.15, 0.2) is 24.3 Å². The van der Waals surface area contributed by atoms with Crippen LogP contribution in [-0.4, -0.2) is 33.2 Å². The Morgan fingerprint density at radius 3 is 2.22 bits per heavy atom. The lowest BCUT2D eigenvalue weighted by molar-refractivity contribution is -0.109. The molecule has 18 heavy (non-hydrogen) atoms. The molecule has 1 aromatic rings. The lowest BCUT2D eigenvalue weighted by Gasteiger charge is -2.23. The second kappa shape index (κ2) is 7.95. The minimum atomic E-state index is -0.263. The highest BCUT2D eigenvalue weighted by atomic mass is 16.7. The summed E-state index contributed by atoms with van der Waals surface area (Å²) in [5, 5.41) is 3.32. The monoisotopic (exact) mass is 253 g/mol. The number of benzene rings is 1. The standard InChI is InChI=1S/C14H23NO3/c1-5-10-18-13-8-6-12(7-9-13)15-11(2)14(16-3)17-4/h6-9,11,14-15H,5,10H2,1-4H3. The van der Waals surface area contributed by atoms with Crippen molar-refractivity contribution in [1.29, 1.82) is 0 Å². The molecule has 0 aliphatic carbocycles. The molecule has 4 nitrogen and oxygen atoms in total. The third kappa shape index (κ3) is 4.55. The Morgan fingerprint density at radius 1 is 1.11 bits per heavy atom. The molecule has 0 radical (unpaired) electrons. The van der Waals surface area contributed by atoms with Crippen molar-refractivity contribution in [2.24, 2.45) is 0 Å². The average molecular weight is 253 g/mol. The highest BCUT2D eigenvalue weighted by Crippen LogP contribution is 2.17. The fraction of sp³-hybridized carbons (Fsp3) is 0.571. The fourth-order valence-corrected chi connectivity index (χ4v) is 1.70. The van der Waals surface area contributed by atoms with Crippen LogP contribution < -0.4 is 10.1 Å². The molecule has 0 bridgehead atoms. The van der Waals surface area contributed by atoms with Crippen molar-refractivity contribution in [2.75, 3.05) is 26.1 Å². The van der Waals surface area contributed by atoms with Crippen LogP contribution >= 0.6 is 0 Å². The van der Waals surface area contributed by atoms with Gasteiger partial charge in [0.05, 0.1) is 12.6 Å². The van der Waals surface area contributed by atoms with Crippen molar-refractivity contribution in [1.82, 2.24) is 0 Å². The number of nitrogens with one attached hydrogen (secondary N) is 1. The first-order valence-electron chi connectivity index (χ1n) is 6.26. The van der Waals surface area contributed by atoms with Crippen LogP contribution in [0.5, 0.6) is 5.75 Å². The number of ether oxygens (including phenoxy) is 3. The zero-order chi connectivity index (χ0) is 13.4. The van der Waals surface area contributed by atoms with E-state index in [4.69, 9.17) is 14.2 Å². The first-order valence-corrected chi connectivity index (χ1v) is 6.26. The maximum Gasteiger partial charge on any atom is 0.176 e. The minimum Gasteiger partial charge on any atom is -0.494 e. The zero-order valence-electron chi connectivity index (χ0n) is 11.6. The van der Waals surface area contributed by atoms with Gasteiger partial charge in [-0.1, -0.05) is 6.92 Å². The van der Waals surface area contributed by atoms with Crippen LogP contribution in [-0.2, 0) is 9.47 Å². The Bertz CT molecular complexity index is 322. The predicted octanol–water partition coefficient (Wildman–Crippen LogP) is 2.89. The number of hydrogen-bond acceptors (Lipinski definition) is 4. The second-order valence-electron chi connectivity index (χ2n) is 4.15. The summed E-state index contributed by atoms with van der Waals surface area (Å²) >= 11 is 0. The van der Waals surface area contributed by atoms with Crippen LogP contribution in [0.25, 0.3) is 0 Å². The molecule has 1 rings (SSSR count). The highest BCUT2D eigenvalue weighted by molar-refractivity contribution is 5.47. The van der Waals surface area contributed by atoms with Crippen LogP contribution in [0.1, 0.15) is 20.3 Å². The second-order valence-corrected chi connectivity index (χ2v) is 4.15. The molecule has 4 heteroatoms. The molecular formula is C14H23NO3. The predicted molar refractivity (Wildman–Crippen MR) is 73.1 cm³/mol. The molecule has 0 heterocycles. The maximum absolute atomic E-state index is 5.53. The van der Waals surface area contributed by atoms with E-state index >= 15 is 0 Å². The van der Waals surface area contributed by atoms with E-state index in [1.165, 1.54) is 0 Å². The van der Waals surface area contributed by atoms with Gasteiger partial charge in [-0.25, -0.2) is 0 Å². The molecule has 0 saturated heterocycles. The van der Waals surface area contributed by atoms with Gasteiger partial charge in [-0.2, -0.15) is 0 Å². The third-order valence-corrected chi connectivity index (χ3v) is 2.59. The summed E-state index contributed by atoms with van der Waals surface area (Å²) in [6.07, 6.45) is 0.751. The minimum absolute atomic E-state index is 0.0717. The van der Waals surface area contributed by atoms with Crippen LogP contribution in [0.3, 0.4) is 0 Å². The van der Waals surface area contributed by atoms with Crippen molar-refractivity contribution in [3.05, 3.63) is 24.3 Å². The van der Waals surface area contributed by atoms with Crippen LogP contribution in [0.4, 0.5) is 5.69 Å². The Kier molecular flexibility index (Phi) is 6.54. The number of rotatable bonds is 8. The van der Waals surface area contributed by atoms with Crippen molar-refractivity contribution < 1.29 is 14.2 Å². The largest absolute Gasteiger partial charge is 0.494 e. The Morgan fingerprint density at radius 2 is 1.72 bits per heavy atom. The molecule has 1 N–H and O–H groups in total.